The molecule has 3 aromatic rings. The number of amides is 3. The Morgan fingerprint density at radius 3 is 1.79 bits per heavy atom. The zero-order chi connectivity index (χ0) is 30.5. The maximum absolute atomic E-state index is 13.6. The lowest BCUT2D eigenvalue weighted by molar-refractivity contribution is -0.143. The number of carboxylic acids is 2. The summed E-state index contributed by atoms with van der Waals surface area (Å²) < 4.78 is 0. The van der Waals surface area contributed by atoms with Crippen LogP contribution in [-0.2, 0) is 43.2 Å². The van der Waals surface area contributed by atoms with Gasteiger partial charge in [0.2, 0.25) is 17.7 Å². The number of carbonyl (C=O) groups is 5. The molecule has 3 amide bonds. The van der Waals surface area contributed by atoms with Crippen molar-refractivity contribution in [3.63, 3.8) is 0 Å². The number of H-pyrrole nitrogens is 1. The zero-order valence-corrected chi connectivity index (χ0v) is 22.7. The zero-order valence-electron chi connectivity index (χ0n) is 22.7. The summed E-state index contributed by atoms with van der Waals surface area (Å²) in [5, 5.41) is 26.1. The van der Waals surface area contributed by atoms with Crippen LogP contribution in [0.1, 0.15) is 29.7 Å². The maximum atomic E-state index is 13.6. The van der Waals surface area contributed by atoms with Crippen LogP contribution in [0.4, 0.5) is 0 Å². The fraction of sp³-hybridized carbons (Fsp3) is 0.310. The lowest BCUT2D eigenvalue weighted by atomic mass is 10.0. The van der Waals surface area contributed by atoms with Gasteiger partial charge in [-0.25, -0.2) is 9.78 Å². The van der Waals surface area contributed by atoms with Crippen LogP contribution in [0.3, 0.4) is 0 Å². The van der Waals surface area contributed by atoms with Gasteiger partial charge in [-0.15, -0.1) is 0 Å². The summed E-state index contributed by atoms with van der Waals surface area (Å²) in [6.45, 7) is 0. The molecule has 8 N–H and O–H groups in total. The van der Waals surface area contributed by atoms with E-state index < -0.39 is 60.2 Å². The summed E-state index contributed by atoms with van der Waals surface area (Å²) in [4.78, 5) is 69.3. The Morgan fingerprint density at radius 2 is 1.26 bits per heavy atom. The predicted molar refractivity (Wildman–Crippen MR) is 151 cm³/mol. The van der Waals surface area contributed by atoms with Crippen LogP contribution in [-0.4, -0.2) is 74.0 Å². The monoisotopic (exact) mass is 578 g/mol. The fourth-order valence-corrected chi connectivity index (χ4v) is 4.19. The molecule has 4 atom stereocenters. The van der Waals surface area contributed by atoms with E-state index in [2.05, 4.69) is 25.9 Å². The van der Waals surface area contributed by atoms with Crippen molar-refractivity contribution < 1.29 is 34.2 Å². The van der Waals surface area contributed by atoms with Gasteiger partial charge in [-0.2, -0.15) is 0 Å². The first-order valence-electron chi connectivity index (χ1n) is 13.3. The van der Waals surface area contributed by atoms with Gasteiger partial charge in [0.25, 0.3) is 0 Å². The lowest BCUT2D eigenvalue weighted by Gasteiger charge is -2.25. The molecule has 42 heavy (non-hydrogen) atoms. The molecule has 0 saturated heterocycles. The number of nitrogens with one attached hydrogen (secondary N) is 4. The molecular formula is C29H34N6O7. The Labute approximate surface area is 241 Å². The Balaban J connectivity index is 1.79. The van der Waals surface area contributed by atoms with E-state index in [4.69, 9.17) is 10.8 Å². The van der Waals surface area contributed by atoms with Crippen molar-refractivity contribution in [1.82, 2.24) is 25.9 Å². The number of hydrogen-bond donors (Lipinski definition) is 7. The number of hydrogen-bond acceptors (Lipinski definition) is 7. The standard InChI is InChI=1S/C29H34N6O7/c30-21(13-18-7-3-1-4-8-18)26(38)34-24(15-20-16-31-17-32-20)28(40)35-23(14-19-9-5-2-6-10-19)27(39)33-22(29(41)42)11-12-25(36)37/h1-10,16-17,21-24H,11-15,30H2,(H,31,32)(H,33,39)(H,34,38)(H,35,40)(H,36,37)(H,41,42). The second-order valence-corrected chi connectivity index (χ2v) is 9.72. The molecule has 1 heterocycles. The molecule has 0 aliphatic carbocycles. The van der Waals surface area contributed by atoms with Crippen LogP contribution in [0.5, 0.6) is 0 Å². The van der Waals surface area contributed by atoms with E-state index >= 15 is 0 Å². The quantitative estimate of drug-likeness (QED) is 0.123. The second kappa shape index (κ2) is 15.7. The minimum absolute atomic E-state index is 0.00191. The smallest absolute Gasteiger partial charge is 0.326 e. The number of imidazole rings is 1. The number of carbonyl (C=O) groups excluding carboxylic acids is 3. The first-order valence-corrected chi connectivity index (χ1v) is 13.3. The number of nitrogens with two attached hydrogens (primary N) is 1. The van der Waals surface area contributed by atoms with Crippen molar-refractivity contribution >= 4 is 29.7 Å². The van der Waals surface area contributed by atoms with Crippen LogP contribution < -0.4 is 21.7 Å². The maximum Gasteiger partial charge on any atom is 0.326 e. The Hall–Kier alpha value is -5.04. The Morgan fingerprint density at radius 1 is 0.738 bits per heavy atom. The van der Waals surface area contributed by atoms with Gasteiger partial charge in [0.1, 0.15) is 18.1 Å². The van der Waals surface area contributed by atoms with Gasteiger partial charge in [0, 0.05) is 31.2 Å². The molecule has 0 bridgehead atoms. The SMILES string of the molecule is NC(Cc1ccccc1)C(=O)NC(Cc1cnc[nH]1)C(=O)NC(Cc1ccccc1)C(=O)NC(CCC(=O)O)C(=O)O. The number of aromatic amines is 1. The van der Waals surface area contributed by atoms with Gasteiger partial charge in [-0.1, -0.05) is 60.7 Å². The third-order valence-corrected chi connectivity index (χ3v) is 6.42. The Kier molecular flexibility index (Phi) is 11.7. The summed E-state index contributed by atoms with van der Waals surface area (Å²) >= 11 is 0. The average Bonchev–Trinajstić information content (AvgIpc) is 3.48. The summed E-state index contributed by atoms with van der Waals surface area (Å²) in [6.07, 6.45) is 2.33. The highest BCUT2D eigenvalue weighted by Gasteiger charge is 2.31. The molecule has 0 radical (unpaired) electrons. The van der Waals surface area contributed by atoms with Gasteiger partial charge in [0.05, 0.1) is 12.4 Å². The summed E-state index contributed by atoms with van der Waals surface area (Å²) in [6, 6.07) is 13.0. The van der Waals surface area contributed by atoms with E-state index in [0.717, 1.165) is 5.56 Å². The van der Waals surface area contributed by atoms with E-state index in [1.807, 2.05) is 30.3 Å². The van der Waals surface area contributed by atoms with Crippen LogP contribution >= 0.6 is 0 Å². The number of nitrogens with zero attached hydrogens (tertiary/aromatic N) is 1. The molecule has 0 aliphatic heterocycles. The number of benzene rings is 2. The van der Waals surface area contributed by atoms with Crippen molar-refractivity contribution in [3.05, 3.63) is 90.0 Å². The highest BCUT2D eigenvalue weighted by atomic mass is 16.4. The van der Waals surface area contributed by atoms with Crippen molar-refractivity contribution in [1.29, 1.82) is 0 Å². The molecule has 2 aromatic carbocycles. The molecule has 0 saturated carbocycles. The molecule has 0 spiro atoms. The van der Waals surface area contributed by atoms with Crippen molar-refractivity contribution in [2.24, 2.45) is 5.73 Å². The average molecular weight is 579 g/mol. The van der Waals surface area contributed by atoms with Gasteiger partial charge in [0.15, 0.2) is 0 Å². The third kappa shape index (κ3) is 10.2. The number of carboxylic acid groups (broad SMARTS) is 2. The first-order chi connectivity index (χ1) is 20.1. The van der Waals surface area contributed by atoms with Crippen LogP contribution in [0.15, 0.2) is 73.2 Å². The third-order valence-electron chi connectivity index (χ3n) is 6.42. The summed E-state index contributed by atoms with van der Waals surface area (Å²) in [5.74, 6) is -4.74. The minimum Gasteiger partial charge on any atom is -0.481 e. The van der Waals surface area contributed by atoms with Crippen molar-refractivity contribution in [2.45, 2.75) is 56.3 Å². The number of aliphatic carboxylic acids is 2. The molecule has 0 fully saturated rings. The predicted octanol–water partition coefficient (Wildman–Crippen LogP) is 0.169. The van der Waals surface area contributed by atoms with Gasteiger partial charge in [-0.05, 0) is 24.0 Å². The second-order valence-electron chi connectivity index (χ2n) is 9.72. The summed E-state index contributed by atoms with van der Waals surface area (Å²) in [7, 11) is 0. The molecule has 0 aliphatic rings. The van der Waals surface area contributed by atoms with E-state index in [9.17, 15) is 29.1 Å². The molecule has 4 unspecified atom stereocenters. The highest BCUT2D eigenvalue weighted by molar-refractivity contribution is 5.94. The molecular weight excluding hydrogens is 544 g/mol. The van der Waals surface area contributed by atoms with Crippen LogP contribution in [0.25, 0.3) is 0 Å². The van der Waals surface area contributed by atoms with Gasteiger partial charge in [-0.3, -0.25) is 19.2 Å². The normalized spacial score (nSPS) is 13.6. The molecule has 1 aromatic heterocycles. The Bertz CT molecular complexity index is 1340. The largest absolute Gasteiger partial charge is 0.481 e. The minimum atomic E-state index is -1.49. The van der Waals surface area contributed by atoms with E-state index in [1.54, 1.807) is 30.3 Å². The topological polar surface area (TPSA) is 217 Å². The highest BCUT2D eigenvalue weighted by Crippen LogP contribution is 2.08. The van der Waals surface area contributed by atoms with Crippen molar-refractivity contribution in [2.75, 3.05) is 0 Å². The summed E-state index contributed by atoms with van der Waals surface area (Å²) in [5.41, 5.74) is 8.18. The van der Waals surface area contributed by atoms with E-state index in [-0.39, 0.29) is 25.7 Å². The van der Waals surface area contributed by atoms with Crippen LogP contribution in [0.2, 0.25) is 0 Å². The molecule has 3 rings (SSSR count). The number of aromatic nitrogens is 2. The van der Waals surface area contributed by atoms with Crippen LogP contribution in [0, 0.1) is 0 Å². The fourth-order valence-electron chi connectivity index (χ4n) is 4.19. The lowest BCUT2D eigenvalue weighted by Crippen LogP contribution is -2.58. The molecule has 222 valence electrons. The van der Waals surface area contributed by atoms with Gasteiger partial charge >= 0.3 is 11.9 Å². The molecule has 13 nitrogen and oxygen atoms in total. The number of rotatable bonds is 16. The first kappa shape index (κ1) is 31.5. The van der Waals surface area contributed by atoms with E-state index in [0.29, 0.717) is 11.3 Å². The van der Waals surface area contributed by atoms with Gasteiger partial charge < -0.3 is 36.9 Å². The molecule has 13 heteroatoms. The van der Waals surface area contributed by atoms with E-state index in [1.165, 1.54) is 12.5 Å². The van der Waals surface area contributed by atoms with Crippen molar-refractivity contribution in [3.8, 4) is 0 Å².